The zero-order valence-corrected chi connectivity index (χ0v) is 20.0. The van der Waals surface area contributed by atoms with E-state index in [1.807, 2.05) is 19.2 Å². The molecule has 0 aliphatic rings. The first-order chi connectivity index (χ1) is 16.1. The molecular weight excluding hydrogens is 481 g/mol. The molecule has 1 atom stereocenters. The van der Waals surface area contributed by atoms with Crippen LogP contribution in [0.1, 0.15) is 31.1 Å². The van der Waals surface area contributed by atoms with Gasteiger partial charge in [0.25, 0.3) is 5.56 Å². The second-order valence-corrected chi connectivity index (χ2v) is 8.50. The lowest BCUT2D eigenvalue weighted by Gasteiger charge is -2.21. The van der Waals surface area contributed by atoms with Crippen molar-refractivity contribution < 1.29 is 9.90 Å². The summed E-state index contributed by atoms with van der Waals surface area (Å²) in [4.78, 5) is 28.3. The van der Waals surface area contributed by atoms with Crippen LogP contribution in [0.3, 0.4) is 0 Å². The van der Waals surface area contributed by atoms with Crippen LogP contribution in [0, 0.1) is 5.41 Å². The van der Waals surface area contributed by atoms with Gasteiger partial charge >= 0.3 is 6.09 Å². The SMILES string of the molecule is CCn1ncc2c3c(C(C)Nc4ccc(Cl)nc4C(=N)NC(=O)O)cc(Cl)cc3c(=O)n(C)c21. The first-order valence-electron chi connectivity index (χ1n) is 10.3. The minimum atomic E-state index is -1.39. The van der Waals surface area contributed by atoms with Crippen LogP contribution >= 0.6 is 23.2 Å². The molecule has 0 saturated carbocycles. The van der Waals surface area contributed by atoms with Gasteiger partial charge in [-0.2, -0.15) is 5.10 Å². The van der Waals surface area contributed by atoms with Crippen molar-refractivity contribution >= 4 is 62.6 Å². The maximum absolute atomic E-state index is 13.2. The average molecular weight is 502 g/mol. The quantitative estimate of drug-likeness (QED) is 0.182. The molecule has 176 valence electrons. The minimum Gasteiger partial charge on any atom is -0.465 e. The van der Waals surface area contributed by atoms with E-state index in [2.05, 4.69) is 15.4 Å². The number of hydrogen-bond acceptors (Lipinski definition) is 6. The van der Waals surface area contributed by atoms with Crippen LogP contribution < -0.4 is 16.2 Å². The lowest BCUT2D eigenvalue weighted by molar-refractivity contribution is 0.200. The Hall–Kier alpha value is -3.63. The summed E-state index contributed by atoms with van der Waals surface area (Å²) in [7, 11) is 1.70. The van der Waals surface area contributed by atoms with Crippen LogP contribution in [0.5, 0.6) is 0 Å². The Morgan fingerprint density at radius 2 is 2.00 bits per heavy atom. The fourth-order valence-corrected chi connectivity index (χ4v) is 4.45. The largest absolute Gasteiger partial charge is 0.465 e. The lowest BCUT2D eigenvalue weighted by Crippen LogP contribution is -2.30. The number of amidine groups is 1. The van der Waals surface area contributed by atoms with Crippen LogP contribution in [0.25, 0.3) is 21.8 Å². The number of nitrogens with one attached hydrogen (secondary N) is 3. The maximum atomic E-state index is 13.2. The van der Waals surface area contributed by atoms with Crippen LogP contribution in [0.15, 0.2) is 35.3 Å². The van der Waals surface area contributed by atoms with Crippen LogP contribution in [-0.4, -0.2) is 36.4 Å². The topological polar surface area (TPSA) is 138 Å². The first-order valence-corrected chi connectivity index (χ1v) is 11.1. The highest BCUT2D eigenvalue weighted by atomic mass is 35.5. The third-order valence-electron chi connectivity index (χ3n) is 5.54. The molecule has 4 N–H and O–H groups in total. The average Bonchev–Trinajstić information content (AvgIpc) is 3.21. The second kappa shape index (κ2) is 8.96. The number of aromatic nitrogens is 4. The number of halogens is 2. The zero-order valence-electron chi connectivity index (χ0n) is 18.5. The summed E-state index contributed by atoms with van der Waals surface area (Å²) in [6.07, 6.45) is 0.338. The lowest BCUT2D eigenvalue weighted by atomic mass is 9.98. The van der Waals surface area contributed by atoms with E-state index < -0.39 is 18.0 Å². The van der Waals surface area contributed by atoms with Crippen molar-refractivity contribution in [1.82, 2.24) is 24.6 Å². The molecule has 1 amide bonds. The number of aryl methyl sites for hydroxylation is 2. The van der Waals surface area contributed by atoms with Crippen molar-refractivity contribution in [1.29, 1.82) is 5.41 Å². The zero-order chi connectivity index (χ0) is 24.7. The number of fused-ring (bicyclic) bond motifs is 3. The van der Waals surface area contributed by atoms with E-state index in [1.165, 1.54) is 6.07 Å². The third kappa shape index (κ3) is 4.06. The van der Waals surface area contributed by atoms with Crippen molar-refractivity contribution in [2.75, 3.05) is 5.32 Å². The summed E-state index contributed by atoms with van der Waals surface area (Å²) in [6, 6.07) is 6.13. The molecule has 0 spiro atoms. The van der Waals surface area contributed by atoms with Gasteiger partial charge in [-0.15, -0.1) is 0 Å². The number of carbonyl (C=O) groups is 1. The van der Waals surface area contributed by atoms with E-state index in [9.17, 15) is 9.59 Å². The number of hydrogen-bond donors (Lipinski definition) is 4. The van der Waals surface area contributed by atoms with Gasteiger partial charge in [-0.05, 0) is 43.7 Å². The highest BCUT2D eigenvalue weighted by molar-refractivity contribution is 6.32. The Labute approximate surface area is 203 Å². The number of anilines is 1. The van der Waals surface area contributed by atoms with Crippen molar-refractivity contribution in [2.24, 2.45) is 7.05 Å². The fraction of sp³-hybridized carbons (Fsp3) is 0.227. The summed E-state index contributed by atoms with van der Waals surface area (Å²) < 4.78 is 3.32. The van der Waals surface area contributed by atoms with Crippen LogP contribution in [0.2, 0.25) is 10.2 Å². The number of pyridine rings is 2. The molecule has 34 heavy (non-hydrogen) atoms. The number of nitrogens with zero attached hydrogens (tertiary/aromatic N) is 4. The van der Waals surface area contributed by atoms with Gasteiger partial charge in [0.1, 0.15) is 16.5 Å². The summed E-state index contributed by atoms with van der Waals surface area (Å²) in [5, 5.41) is 29.2. The van der Waals surface area contributed by atoms with Crippen molar-refractivity contribution in [3.05, 3.63) is 62.2 Å². The monoisotopic (exact) mass is 501 g/mol. The molecule has 3 heterocycles. The Morgan fingerprint density at radius 1 is 1.26 bits per heavy atom. The van der Waals surface area contributed by atoms with Gasteiger partial charge in [-0.25, -0.2) is 14.5 Å². The van der Waals surface area contributed by atoms with E-state index in [-0.39, 0.29) is 16.4 Å². The molecule has 0 radical (unpaired) electrons. The Bertz CT molecular complexity index is 1530. The molecule has 0 aliphatic carbocycles. The Morgan fingerprint density at radius 3 is 2.68 bits per heavy atom. The number of carboxylic acid groups (broad SMARTS) is 1. The van der Waals surface area contributed by atoms with E-state index in [1.54, 1.807) is 40.7 Å². The van der Waals surface area contributed by atoms with Crippen molar-refractivity contribution in [2.45, 2.75) is 26.4 Å². The molecule has 12 heteroatoms. The summed E-state index contributed by atoms with van der Waals surface area (Å²) in [6.45, 7) is 4.41. The highest BCUT2D eigenvalue weighted by Gasteiger charge is 2.21. The van der Waals surface area contributed by atoms with E-state index >= 15 is 0 Å². The smallest absolute Gasteiger partial charge is 0.410 e. The Kier molecular flexibility index (Phi) is 6.20. The van der Waals surface area contributed by atoms with Gasteiger partial charge in [0.15, 0.2) is 5.84 Å². The molecule has 10 nitrogen and oxygen atoms in total. The fourth-order valence-electron chi connectivity index (χ4n) is 4.08. The molecule has 1 aromatic carbocycles. The second-order valence-electron chi connectivity index (χ2n) is 7.68. The van der Waals surface area contributed by atoms with Crippen LogP contribution in [0.4, 0.5) is 10.5 Å². The van der Waals surface area contributed by atoms with Gasteiger partial charge in [-0.1, -0.05) is 23.2 Å². The van der Waals surface area contributed by atoms with E-state index in [0.717, 1.165) is 10.9 Å². The van der Waals surface area contributed by atoms with E-state index in [4.69, 9.17) is 33.7 Å². The predicted molar refractivity (Wildman–Crippen MR) is 132 cm³/mol. The molecule has 1 unspecified atom stereocenters. The van der Waals surface area contributed by atoms with Gasteiger partial charge in [0, 0.05) is 40.8 Å². The molecule has 0 fully saturated rings. The maximum Gasteiger partial charge on any atom is 0.410 e. The van der Waals surface area contributed by atoms with E-state index in [0.29, 0.717) is 33.7 Å². The summed E-state index contributed by atoms with van der Waals surface area (Å²) in [5.41, 5.74) is 1.65. The van der Waals surface area contributed by atoms with Crippen molar-refractivity contribution in [3.8, 4) is 0 Å². The molecule has 4 aromatic rings. The van der Waals surface area contributed by atoms with Crippen LogP contribution in [-0.2, 0) is 13.6 Å². The molecule has 0 aliphatic heterocycles. The predicted octanol–water partition coefficient (Wildman–Crippen LogP) is 4.38. The third-order valence-corrected chi connectivity index (χ3v) is 5.96. The summed E-state index contributed by atoms with van der Waals surface area (Å²) in [5.74, 6) is -0.430. The molecular formula is C22H21Cl2N7O3. The molecule has 4 rings (SSSR count). The number of rotatable bonds is 5. The van der Waals surface area contributed by atoms with Gasteiger partial charge in [0.05, 0.1) is 11.9 Å². The molecule has 3 aromatic heterocycles. The van der Waals surface area contributed by atoms with Gasteiger partial charge in [-0.3, -0.25) is 20.1 Å². The Balaban J connectivity index is 1.90. The first kappa shape index (κ1) is 23.5. The highest BCUT2D eigenvalue weighted by Crippen LogP contribution is 2.34. The normalized spacial score (nSPS) is 12.1. The molecule has 0 bridgehead atoms. The van der Waals surface area contributed by atoms with Gasteiger partial charge in [0.2, 0.25) is 0 Å². The molecule has 0 saturated heterocycles. The standard InChI is InChI=1S/C22H21Cl2N7O3/c1-4-31-20-14(9-26-31)17-12(7-11(23)8-13(17)21(32)30(20)3)10(2)27-15-5-6-16(24)28-18(15)19(25)29-22(33)34/h5-10,27H,4H2,1-3H3,(H2,25,29)(H,33,34). The number of benzene rings is 1. The number of amides is 1. The van der Waals surface area contributed by atoms with Crippen molar-refractivity contribution in [3.63, 3.8) is 0 Å². The summed E-state index contributed by atoms with van der Waals surface area (Å²) >= 11 is 12.4. The minimum absolute atomic E-state index is 0.0351. The van der Waals surface area contributed by atoms with Gasteiger partial charge < -0.3 is 10.4 Å².